The number of nitrogen functional groups attached to an aromatic ring is 2. The predicted octanol–water partition coefficient (Wildman–Crippen LogP) is 2.72. The molecule has 1 heterocycles. The average molecular weight is 299 g/mol. The van der Waals surface area contributed by atoms with Gasteiger partial charge < -0.3 is 20.9 Å². The van der Waals surface area contributed by atoms with E-state index in [1.54, 1.807) is 6.07 Å². The van der Waals surface area contributed by atoms with Crippen LogP contribution in [0.3, 0.4) is 0 Å². The SMILES string of the molecule is Nc1cc(OCc2ccccc2OC(F)(F)F)cc(N)n1. The summed E-state index contributed by atoms with van der Waals surface area (Å²) >= 11 is 0. The van der Waals surface area contributed by atoms with E-state index in [0.717, 1.165) is 0 Å². The fourth-order valence-electron chi connectivity index (χ4n) is 1.64. The van der Waals surface area contributed by atoms with Gasteiger partial charge in [0.1, 0.15) is 29.7 Å². The number of pyridine rings is 1. The van der Waals surface area contributed by atoms with Gasteiger partial charge in [0, 0.05) is 17.7 Å². The van der Waals surface area contributed by atoms with Crippen molar-refractivity contribution in [2.45, 2.75) is 13.0 Å². The molecular weight excluding hydrogens is 287 g/mol. The minimum absolute atomic E-state index is 0.130. The Morgan fingerprint density at radius 2 is 1.67 bits per heavy atom. The van der Waals surface area contributed by atoms with Gasteiger partial charge in [-0.05, 0) is 6.07 Å². The molecule has 112 valence electrons. The molecule has 0 fully saturated rings. The highest BCUT2D eigenvalue weighted by atomic mass is 19.4. The van der Waals surface area contributed by atoms with Crippen molar-refractivity contribution in [3.63, 3.8) is 0 Å². The number of para-hydroxylation sites is 1. The molecule has 0 atom stereocenters. The van der Waals surface area contributed by atoms with E-state index in [2.05, 4.69) is 9.72 Å². The molecule has 0 spiro atoms. The van der Waals surface area contributed by atoms with Crippen LogP contribution in [0.4, 0.5) is 24.8 Å². The zero-order chi connectivity index (χ0) is 15.5. The van der Waals surface area contributed by atoms with E-state index >= 15 is 0 Å². The molecule has 8 heteroatoms. The van der Waals surface area contributed by atoms with Crippen LogP contribution in [0, 0.1) is 0 Å². The first-order valence-corrected chi connectivity index (χ1v) is 5.83. The molecule has 4 N–H and O–H groups in total. The molecule has 0 bridgehead atoms. The largest absolute Gasteiger partial charge is 0.573 e. The summed E-state index contributed by atoms with van der Waals surface area (Å²) in [6.45, 7) is -0.130. The van der Waals surface area contributed by atoms with Gasteiger partial charge >= 0.3 is 6.36 Å². The van der Waals surface area contributed by atoms with Gasteiger partial charge in [0.15, 0.2) is 0 Å². The van der Waals surface area contributed by atoms with Gasteiger partial charge in [-0.25, -0.2) is 4.98 Å². The zero-order valence-corrected chi connectivity index (χ0v) is 10.7. The van der Waals surface area contributed by atoms with Crippen molar-refractivity contribution in [1.29, 1.82) is 0 Å². The highest BCUT2D eigenvalue weighted by molar-refractivity contribution is 5.46. The number of hydrogen-bond donors (Lipinski definition) is 2. The van der Waals surface area contributed by atoms with Crippen molar-refractivity contribution >= 4 is 11.6 Å². The molecule has 0 radical (unpaired) electrons. The highest BCUT2D eigenvalue weighted by Gasteiger charge is 2.32. The van der Waals surface area contributed by atoms with Crippen molar-refractivity contribution in [2.75, 3.05) is 11.5 Å². The van der Waals surface area contributed by atoms with E-state index in [0.29, 0.717) is 5.75 Å². The molecule has 0 aliphatic rings. The maximum atomic E-state index is 12.3. The number of alkyl halides is 3. The predicted molar refractivity (Wildman–Crippen MR) is 70.5 cm³/mol. The second-order valence-corrected chi connectivity index (χ2v) is 4.10. The average Bonchev–Trinajstić information content (AvgIpc) is 2.35. The maximum absolute atomic E-state index is 12.3. The molecule has 0 aliphatic carbocycles. The second kappa shape index (κ2) is 5.78. The minimum Gasteiger partial charge on any atom is -0.488 e. The van der Waals surface area contributed by atoms with Crippen molar-refractivity contribution in [2.24, 2.45) is 0 Å². The van der Waals surface area contributed by atoms with Gasteiger partial charge in [0.2, 0.25) is 0 Å². The van der Waals surface area contributed by atoms with Crippen LogP contribution in [-0.4, -0.2) is 11.3 Å². The number of halogens is 3. The number of rotatable bonds is 4. The number of anilines is 2. The van der Waals surface area contributed by atoms with E-state index in [4.69, 9.17) is 16.2 Å². The number of aromatic nitrogens is 1. The number of nitrogens with zero attached hydrogens (tertiary/aromatic N) is 1. The van der Waals surface area contributed by atoms with Gasteiger partial charge in [-0.3, -0.25) is 0 Å². The Kier molecular flexibility index (Phi) is 4.06. The number of nitrogens with two attached hydrogens (primary N) is 2. The van der Waals surface area contributed by atoms with Crippen LogP contribution in [0.2, 0.25) is 0 Å². The molecular formula is C13H12F3N3O2. The summed E-state index contributed by atoms with van der Waals surface area (Å²) in [6, 6.07) is 8.54. The van der Waals surface area contributed by atoms with Crippen molar-refractivity contribution < 1.29 is 22.6 Å². The van der Waals surface area contributed by atoms with Gasteiger partial charge in [0.25, 0.3) is 0 Å². The molecule has 1 aromatic heterocycles. The summed E-state index contributed by atoms with van der Waals surface area (Å²) in [5, 5.41) is 0. The lowest BCUT2D eigenvalue weighted by Gasteiger charge is -2.14. The Morgan fingerprint density at radius 3 is 2.29 bits per heavy atom. The maximum Gasteiger partial charge on any atom is 0.573 e. The van der Waals surface area contributed by atoms with E-state index in [1.165, 1.54) is 30.3 Å². The first kappa shape index (κ1) is 14.8. The van der Waals surface area contributed by atoms with Gasteiger partial charge in [0.05, 0.1) is 0 Å². The molecule has 0 unspecified atom stereocenters. The van der Waals surface area contributed by atoms with Crippen molar-refractivity contribution in [3.8, 4) is 11.5 Å². The number of benzene rings is 1. The fraction of sp³-hybridized carbons (Fsp3) is 0.154. The standard InChI is InChI=1S/C13H12F3N3O2/c14-13(15,16)21-10-4-2-1-3-8(10)7-20-9-5-11(17)19-12(18)6-9/h1-6H,7H2,(H4,17,18,19). The normalized spacial score (nSPS) is 11.2. The van der Waals surface area contributed by atoms with Crippen LogP contribution in [-0.2, 0) is 6.61 Å². The molecule has 5 nitrogen and oxygen atoms in total. The van der Waals surface area contributed by atoms with Crippen LogP contribution in [0.5, 0.6) is 11.5 Å². The first-order valence-electron chi connectivity index (χ1n) is 5.83. The van der Waals surface area contributed by atoms with Crippen LogP contribution < -0.4 is 20.9 Å². The Balaban J connectivity index is 2.13. The smallest absolute Gasteiger partial charge is 0.488 e. The lowest BCUT2D eigenvalue weighted by molar-refractivity contribution is -0.275. The lowest BCUT2D eigenvalue weighted by Crippen LogP contribution is -2.18. The Morgan fingerprint density at radius 1 is 1.05 bits per heavy atom. The molecule has 0 saturated carbocycles. The first-order chi connectivity index (χ1) is 9.83. The molecule has 2 aromatic rings. The molecule has 0 saturated heterocycles. The minimum atomic E-state index is -4.76. The summed E-state index contributed by atoms with van der Waals surface area (Å²) in [5.41, 5.74) is 11.2. The van der Waals surface area contributed by atoms with Crippen molar-refractivity contribution in [1.82, 2.24) is 4.98 Å². The highest BCUT2D eigenvalue weighted by Crippen LogP contribution is 2.27. The number of hydrogen-bond acceptors (Lipinski definition) is 5. The quantitative estimate of drug-likeness (QED) is 0.907. The van der Waals surface area contributed by atoms with E-state index in [9.17, 15) is 13.2 Å². The molecule has 2 rings (SSSR count). The Bertz CT molecular complexity index is 612. The summed E-state index contributed by atoms with van der Waals surface area (Å²) in [4.78, 5) is 3.76. The molecule has 0 amide bonds. The molecule has 21 heavy (non-hydrogen) atoms. The van der Waals surface area contributed by atoms with Crippen LogP contribution in [0.15, 0.2) is 36.4 Å². The van der Waals surface area contributed by atoms with E-state index < -0.39 is 6.36 Å². The van der Waals surface area contributed by atoms with Crippen LogP contribution in [0.1, 0.15) is 5.56 Å². The third kappa shape index (κ3) is 4.44. The summed E-state index contributed by atoms with van der Waals surface area (Å²) in [6.07, 6.45) is -4.76. The summed E-state index contributed by atoms with van der Waals surface area (Å²) < 4.78 is 46.1. The third-order valence-corrected chi connectivity index (χ3v) is 2.43. The van der Waals surface area contributed by atoms with Gasteiger partial charge in [-0.2, -0.15) is 0 Å². The van der Waals surface area contributed by atoms with Crippen molar-refractivity contribution in [3.05, 3.63) is 42.0 Å². The lowest BCUT2D eigenvalue weighted by atomic mass is 10.2. The Hall–Kier alpha value is -2.64. The van der Waals surface area contributed by atoms with E-state index in [1.807, 2.05) is 0 Å². The summed E-state index contributed by atoms with van der Waals surface area (Å²) in [5.74, 6) is 0.302. The topological polar surface area (TPSA) is 83.4 Å². The number of ether oxygens (including phenoxy) is 2. The fourth-order valence-corrected chi connectivity index (χ4v) is 1.64. The van der Waals surface area contributed by atoms with Crippen LogP contribution >= 0.6 is 0 Å². The zero-order valence-electron chi connectivity index (χ0n) is 10.7. The Labute approximate surface area is 118 Å². The van der Waals surface area contributed by atoms with Gasteiger partial charge in [-0.15, -0.1) is 13.2 Å². The molecule has 0 aliphatic heterocycles. The molecule has 1 aromatic carbocycles. The second-order valence-electron chi connectivity index (χ2n) is 4.10. The van der Waals surface area contributed by atoms with E-state index in [-0.39, 0.29) is 29.6 Å². The van der Waals surface area contributed by atoms with Crippen LogP contribution in [0.25, 0.3) is 0 Å². The third-order valence-electron chi connectivity index (χ3n) is 2.43. The summed E-state index contributed by atoms with van der Waals surface area (Å²) in [7, 11) is 0. The monoisotopic (exact) mass is 299 g/mol. The van der Waals surface area contributed by atoms with Gasteiger partial charge in [-0.1, -0.05) is 18.2 Å².